The van der Waals surface area contributed by atoms with Crippen LogP contribution in [0.4, 0.5) is 0 Å². The Kier molecular flexibility index (Phi) is 4.80. The van der Waals surface area contributed by atoms with Crippen LogP contribution in [0.5, 0.6) is 0 Å². The van der Waals surface area contributed by atoms with Gasteiger partial charge in [0, 0.05) is 19.1 Å². The van der Waals surface area contributed by atoms with Gasteiger partial charge in [0.25, 0.3) is 0 Å². The smallest absolute Gasteiger partial charge is 0.243 e. The molecular weight excluding hydrogens is 276 g/mol. The zero-order valence-electron chi connectivity index (χ0n) is 11.9. The fourth-order valence-electron chi connectivity index (χ4n) is 2.40. The molecule has 2 unspecified atom stereocenters. The molecule has 2 atom stereocenters. The summed E-state index contributed by atoms with van der Waals surface area (Å²) in [7, 11) is -1.67. The molecule has 1 saturated heterocycles. The Bertz CT molecular complexity index is 559. The van der Waals surface area contributed by atoms with Crippen molar-refractivity contribution in [3.05, 3.63) is 29.8 Å². The van der Waals surface area contributed by atoms with E-state index in [2.05, 4.69) is 5.32 Å². The summed E-state index contributed by atoms with van der Waals surface area (Å²) >= 11 is 0. The number of nitrogens with zero attached hydrogens (tertiary/aromatic N) is 1. The van der Waals surface area contributed by atoms with Crippen LogP contribution in [0.3, 0.4) is 0 Å². The van der Waals surface area contributed by atoms with Gasteiger partial charge in [-0.2, -0.15) is 4.31 Å². The minimum absolute atomic E-state index is 0.0945. The van der Waals surface area contributed by atoms with Gasteiger partial charge in [0.1, 0.15) is 0 Å². The Hall–Kier alpha value is -0.950. The monoisotopic (exact) mass is 298 g/mol. The van der Waals surface area contributed by atoms with Crippen molar-refractivity contribution in [3.63, 3.8) is 0 Å². The summed E-state index contributed by atoms with van der Waals surface area (Å²) in [6.07, 6.45) is 0.813. The molecule has 1 aromatic carbocycles. The number of sulfonamides is 1. The topological polar surface area (TPSA) is 69.6 Å². The largest absolute Gasteiger partial charge is 0.392 e. The highest BCUT2D eigenvalue weighted by atomic mass is 32.2. The molecule has 20 heavy (non-hydrogen) atoms. The van der Waals surface area contributed by atoms with Crippen LogP contribution in [0.1, 0.15) is 31.4 Å². The molecule has 0 bridgehead atoms. The van der Waals surface area contributed by atoms with E-state index in [4.69, 9.17) is 0 Å². The first-order valence-corrected chi connectivity index (χ1v) is 8.34. The van der Waals surface area contributed by atoms with E-state index < -0.39 is 16.1 Å². The van der Waals surface area contributed by atoms with Gasteiger partial charge in [-0.15, -0.1) is 0 Å². The number of hydrogen-bond donors (Lipinski definition) is 2. The van der Waals surface area contributed by atoms with Crippen LogP contribution < -0.4 is 5.32 Å². The number of aliphatic hydroxyl groups excluding tert-OH is 1. The maximum Gasteiger partial charge on any atom is 0.243 e. The second-order valence-corrected chi connectivity index (χ2v) is 7.18. The predicted molar refractivity (Wildman–Crippen MR) is 77.9 cm³/mol. The van der Waals surface area contributed by atoms with E-state index in [1.54, 1.807) is 18.2 Å². The fourth-order valence-corrected chi connectivity index (χ4v) is 3.97. The molecule has 6 heteroatoms. The number of rotatable bonds is 4. The molecule has 2 rings (SSSR count). The average Bonchev–Trinajstić information content (AvgIpc) is 2.46. The first kappa shape index (κ1) is 15.4. The number of piperidine rings is 1. The second kappa shape index (κ2) is 6.22. The summed E-state index contributed by atoms with van der Waals surface area (Å²) < 4.78 is 26.6. The Morgan fingerprint density at radius 1 is 1.45 bits per heavy atom. The van der Waals surface area contributed by atoms with Crippen LogP contribution >= 0.6 is 0 Å². The van der Waals surface area contributed by atoms with E-state index in [1.807, 2.05) is 20.0 Å². The summed E-state index contributed by atoms with van der Waals surface area (Å²) in [6, 6.07) is 7.08. The van der Waals surface area contributed by atoms with Crippen molar-refractivity contribution >= 4 is 10.0 Å². The van der Waals surface area contributed by atoms with Crippen molar-refractivity contribution in [2.75, 3.05) is 20.1 Å². The first-order valence-electron chi connectivity index (χ1n) is 6.90. The van der Waals surface area contributed by atoms with Crippen molar-refractivity contribution in [2.45, 2.75) is 36.8 Å². The average molecular weight is 298 g/mol. The fraction of sp³-hybridized carbons (Fsp3) is 0.571. The van der Waals surface area contributed by atoms with Crippen LogP contribution in [0.2, 0.25) is 0 Å². The maximum absolute atomic E-state index is 12.6. The molecule has 0 aromatic heterocycles. The lowest BCUT2D eigenvalue weighted by Gasteiger charge is -2.29. The third kappa shape index (κ3) is 3.20. The van der Waals surface area contributed by atoms with E-state index in [0.717, 1.165) is 5.56 Å². The number of benzene rings is 1. The molecular formula is C14H22N2O3S. The molecule has 0 spiro atoms. The molecule has 5 nitrogen and oxygen atoms in total. The summed E-state index contributed by atoms with van der Waals surface area (Å²) in [5, 5.41) is 12.8. The standard InChI is InChI=1S/C14H22N2O3S/c1-11(15-2)12-5-3-7-14(9-12)20(18,19)16-8-4-6-13(17)10-16/h3,5,7,9,11,13,15,17H,4,6,8,10H2,1-2H3. The van der Waals surface area contributed by atoms with Crippen LogP contribution in [0.25, 0.3) is 0 Å². The van der Waals surface area contributed by atoms with E-state index in [1.165, 1.54) is 4.31 Å². The summed E-state index contributed by atoms with van der Waals surface area (Å²) in [6.45, 7) is 2.65. The van der Waals surface area contributed by atoms with Crippen molar-refractivity contribution in [1.82, 2.24) is 9.62 Å². The second-order valence-electron chi connectivity index (χ2n) is 5.24. The summed E-state index contributed by atoms with van der Waals surface area (Å²) in [5.41, 5.74) is 0.936. The van der Waals surface area contributed by atoms with Crippen LogP contribution in [-0.2, 0) is 10.0 Å². The Morgan fingerprint density at radius 2 is 2.20 bits per heavy atom. The van der Waals surface area contributed by atoms with E-state index in [-0.39, 0.29) is 12.6 Å². The molecule has 1 aliphatic heterocycles. The molecule has 1 fully saturated rings. The highest BCUT2D eigenvalue weighted by Crippen LogP contribution is 2.23. The molecule has 1 aromatic rings. The van der Waals surface area contributed by atoms with Gasteiger partial charge in [0.15, 0.2) is 0 Å². The Labute approximate surface area is 120 Å². The third-order valence-corrected chi connectivity index (χ3v) is 5.65. The highest BCUT2D eigenvalue weighted by Gasteiger charge is 2.29. The number of nitrogens with one attached hydrogen (secondary N) is 1. The van der Waals surface area contributed by atoms with Gasteiger partial charge in [-0.1, -0.05) is 12.1 Å². The van der Waals surface area contributed by atoms with Gasteiger partial charge in [0.05, 0.1) is 11.0 Å². The lowest BCUT2D eigenvalue weighted by molar-refractivity contribution is 0.108. The van der Waals surface area contributed by atoms with Crippen LogP contribution in [0.15, 0.2) is 29.2 Å². The minimum Gasteiger partial charge on any atom is -0.392 e. The molecule has 0 aliphatic carbocycles. The predicted octanol–water partition coefficient (Wildman–Crippen LogP) is 1.11. The number of aliphatic hydroxyl groups is 1. The van der Waals surface area contributed by atoms with Gasteiger partial charge in [-0.25, -0.2) is 8.42 Å². The Balaban J connectivity index is 2.29. The molecule has 0 radical (unpaired) electrons. The van der Waals surface area contributed by atoms with Gasteiger partial charge in [0.2, 0.25) is 10.0 Å². The number of β-amino-alcohol motifs (C(OH)–C–C–N with tert-alkyl or cyclic N) is 1. The van der Waals surface area contributed by atoms with Crippen molar-refractivity contribution in [3.8, 4) is 0 Å². The summed E-state index contributed by atoms with van der Waals surface area (Å²) in [4.78, 5) is 0.297. The molecule has 112 valence electrons. The molecule has 2 N–H and O–H groups in total. The zero-order valence-corrected chi connectivity index (χ0v) is 12.7. The maximum atomic E-state index is 12.6. The summed E-state index contributed by atoms with van der Waals surface area (Å²) in [5.74, 6) is 0. The lowest BCUT2D eigenvalue weighted by atomic mass is 10.1. The third-order valence-electron chi connectivity index (χ3n) is 3.79. The highest BCUT2D eigenvalue weighted by molar-refractivity contribution is 7.89. The van der Waals surface area contributed by atoms with E-state index in [9.17, 15) is 13.5 Å². The van der Waals surface area contributed by atoms with Gasteiger partial charge >= 0.3 is 0 Å². The molecule has 1 heterocycles. The normalized spacial score (nSPS) is 22.6. The SMILES string of the molecule is CNC(C)c1cccc(S(=O)(=O)N2CCCC(O)C2)c1. The van der Waals surface area contributed by atoms with Gasteiger partial charge in [-0.05, 0) is 44.5 Å². The van der Waals surface area contributed by atoms with E-state index >= 15 is 0 Å². The van der Waals surface area contributed by atoms with Crippen molar-refractivity contribution < 1.29 is 13.5 Å². The van der Waals surface area contributed by atoms with Gasteiger partial charge < -0.3 is 10.4 Å². The molecule has 1 aliphatic rings. The quantitative estimate of drug-likeness (QED) is 0.874. The number of hydrogen-bond acceptors (Lipinski definition) is 4. The first-order chi connectivity index (χ1) is 9.45. The van der Waals surface area contributed by atoms with E-state index in [0.29, 0.717) is 24.3 Å². The lowest BCUT2D eigenvalue weighted by Crippen LogP contribution is -2.42. The zero-order chi connectivity index (χ0) is 14.8. The van der Waals surface area contributed by atoms with Crippen LogP contribution in [0, 0.1) is 0 Å². The van der Waals surface area contributed by atoms with Gasteiger partial charge in [-0.3, -0.25) is 0 Å². The van der Waals surface area contributed by atoms with Crippen molar-refractivity contribution in [2.24, 2.45) is 0 Å². The van der Waals surface area contributed by atoms with Crippen LogP contribution in [-0.4, -0.2) is 44.1 Å². The Morgan fingerprint density at radius 3 is 2.85 bits per heavy atom. The molecule has 0 saturated carbocycles. The molecule has 0 amide bonds. The van der Waals surface area contributed by atoms with Crippen molar-refractivity contribution in [1.29, 1.82) is 0 Å². The minimum atomic E-state index is -3.51.